The third kappa shape index (κ3) is 3.92. The summed E-state index contributed by atoms with van der Waals surface area (Å²) >= 11 is 0. The first-order valence-electron chi connectivity index (χ1n) is 6.71. The molecule has 0 amide bonds. The van der Waals surface area contributed by atoms with Gasteiger partial charge in [0.1, 0.15) is 5.75 Å². The third-order valence-electron chi connectivity index (χ3n) is 3.57. The minimum Gasteiger partial charge on any atom is -0.494 e. The van der Waals surface area contributed by atoms with E-state index in [4.69, 9.17) is 4.74 Å². The van der Waals surface area contributed by atoms with Crippen LogP contribution in [0, 0.1) is 5.92 Å². The molecule has 0 aliphatic heterocycles. The Morgan fingerprint density at radius 3 is 2.53 bits per heavy atom. The molecule has 0 atom stereocenters. The molecular weight excluding hydrogens is 208 g/mol. The van der Waals surface area contributed by atoms with E-state index in [0.717, 1.165) is 24.7 Å². The molecule has 1 aromatic rings. The van der Waals surface area contributed by atoms with Crippen molar-refractivity contribution < 1.29 is 4.74 Å². The van der Waals surface area contributed by atoms with Crippen LogP contribution in [0.4, 0.5) is 0 Å². The molecular formula is C16H22O. The van der Waals surface area contributed by atoms with Gasteiger partial charge in [0.05, 0.1) is 6.61 Å². The molecule has 0 N–H and O–H groups in total. The van der Waals surface area contributed by atoms with Crippen molar-refractivity contribution in [2.75, 3.05) is 6.61 Å². The van der Waals surface area contributed by atoms with E-state index in [1.54, 1.807) is 0 Å². The van der Waals surface area contributed by atoms with Crippen LogP contribution in [0.25, 0.3) is 0 Å². The minimum atomic E-state index is 0.867. The third-order valence-corrected chi connectivity index (χ3v) is 3.57. The van der Waals surface area contributed by atoms with Gasteiger partial charge >= 0.3 is 0 Å². The van der Waals surface area contributed by atoms with Crippen molar-refractivity contribution in [3.8, 4) is 5.75 Å². The molecule has 17 heavy (non-hydrogen) atoms. The molecule has 1 fully saturated rings. The summed E-state index contributed by atoms with van der Waals surface area (Å²) in [5, 5.41) is 0. The Bertz CT molecular complexity index is 333. The van der Waals surface area contributed by atoms with Gasteiger partial charge in [0.2, 0.25) is 0 Å². The first kappa shape index (κ1) is 12.2. The van der Waals surface area contributed by atoms with Gasteiger partial charge in [-0.3, -0.25) is 0 Å². The highest BCUT2D eigenvalue weighted by atomic mass is 16.5. The van der Waals surface area contributed by atoms with E-state index >= 15 is 0 Å². The molecule has 1 saturated carbocycles. The lowest BCUT2D eigenvalue weighted by Gasteiger charge is -2.10. The van der Waals surface area contributed by atoms with Gasteiger partial charge in [-0.2, -0.15) is 0 Å². The lowest BCUT2D eigenvalue weighted by molar-refractivity contribution is 0.279. The highest BCUT2D eigenvalue weighted by Crippen LogP contribution is 2.27. The van der Waals surface area contributed by atoms with Crippen LogP contribution in [0.1, 0.15) is 37.7 Å². The second-order valence-electron chi connectivity index (χ2n) is 4.92. The molecule has 0 spiro atoms. The van der Waals surface area contributed by atoms with E-state index < -0.39 is 0 Å². The van der Waals surface area contributed by atoms with E-state index in [9.17, 15) is 0 Å². The summed E-state index contributed by atoms with van der Waals surface area (Å²) in [4.78, 5) is 0. The summed E-state index contributed by atoms with van der Waals surface area (Å²) < 4.78 is 5.78. The van der Waals surface area contributed by atoms with Gasteiger partial charge in [0, 0.05) is 0 Å². The SMILES string of the molecule is C=CCc1ccc(OCCC2CCCC2)cc1. The molecule has 0 saturated heterocycles. The Labute approximate surface area is 104 Å². The maximum Gasteiger partial charge on any atom is 0.119 e. The summed E-state index contributed by atoms with van der Waals surface area (Å²) in [6, 6.07) is 8.36. The van der Waals surface area contributed by atoms with Crippen molar-refractivity contribution in [3.05, 3.63) is 42.5 Å². The molecule has 0 aromatic heterocycles. The van der Waals surface area contributed by atoms with Crippen molar-refractivity contribution in [2.45, 2.75) is 38.5 Å². The summed E-state index contributed by atoms with van der Waals surface area (Å²) in [6.45, 7) is 4.61. The van der Waals surface area contributed by atoms with Crippen LogP contribution in [-0.4, -0.2) is 6.61 Å². The molecule has 0 heterocycles. The Hall–Kier alpha value is -1.24. The predicted octanol–water partition coefficient (Wildman–Crippen LogP) is 4.37. The molecule has 0 unspecified atom stereocenters. The standard InChI is InChI=1S/C16H22O/c1-2-5-14-8-10-16(11-9-14)17-13-12-15-6-3-4-7-15/h2,8-11,15H,1,3-7,12-13H2. The largest absolute Gasteiger partial charge is 0.494 e. The number of rotatable bonds is 6. The lowest BCUT2D eigenvalue weighted by atomic mass is 10.1. The average molecular weight is 230 g/mol. The molecule has 1 aliphatic carbocycles. The topological polar surface area (TPSA) is 9.23 Å². The van der Waals surface area contributed by atoms with Crippen LogP contribution in [-0.2, 0) is 6.42 Å². The zero-order valence-corrected chi connectivity index (χ0v) is 10.5. The second kappa shape index (κ2) is 6.48. The molecule has 92 valence electrons. The first-order chi connectivity index (χ1) is 8.38. The van der Waals surface area contributed by atoms with Crippen molar-refractivity contribution >= 4 is 0 Å². The maximum absolute atomic E-state index is 5.78. The first-order valence-corrected chi connectivity index (χ1v) is 6.71. The second-order valence-corrected chi connectivity index (χ2v) is 4.92. The molecule has 1 heteroatoms. The highest BCUT2D eigenvalue weighted by molar-refractivity contribution is 5.28. The van der Waals surface area contributed by atoms with Crippen LogP contribution < -0.4 is 4.74 Å². The molecule has 1 aromatic carbocycles. The summed E-state index contributed by atoms with van der Waals surface area (Å²) in [5.41, 5.74) is 1.29. The smallest absolute Gasteiger partial charge is 0.119 e. The van der Waals surface area contributed by atoms with Gasteiger partial charge in [-0.25, -0.2) is 0 Å². The normalized spacial score (nSPS) is 16.0. The average Bonchev–Trinajstić information content (AvgIpc) is 2.85. The molecule has 1 nitrogen and oxygen atoms in total. The van der Waals surface area contributed by atoms with Crippen molar-refractivity contribution in [1.82, 2.24) is 0 Å². The zero-order valence-electron chi connectivity index (χ0n) is 10.5. The Morgan fingerprint density at radius 2 is 1.88 bits per heavy atom. The quantitative estimate of drug-likeness (QED) is 0.659. The van der Waals surface area contributed by atoms with Crippen LogP contribution in [0.15, 0.2) is 36.9 Å². The lowest BCUT2D eigenvalue weighted by Crippen LogP contribution is -2.03. The molecule has 0 radical (unpaired) electrons. The van der Waals surface area contributed by atoms with Gasteiger partial charge in [-0.1, -0.05) is 43.9 Å². The van der Waals surface area contributed by atoms with Crippen LogP contribution >= 0.6 is 0 Å². The van der Waals surface area contributed by atoms with E-state index in [1.807, 2.05) is 6.08 Å². The maximum atomic E-state index is 5.78. The summed E-state index contributed by atoms with van der Waals surface area (Å²) in [7, 11) is 0. The van der Waals surface area contributed by atoms with Crippen molar-refractivity contribution in [2.24, 2.45) is 5.92 Å². The van der Waals surface area contributed by atoms with Gasteiger partial charge in [0.25, 0.3) is 0 Å². The fraction of sp³-hybridized carbons (Fsp3) is 0.500. The van der Waals surface area contributed by atoms with Gasteiger partial charge in [0.15, 0.2) is 0 Å². The van der Waals surface area contributed by atoms with Crippen molar-refractivity contribution in [3.63, 3.8) is 0 Å². The van der Waals surface area contributed by atoms with Crippen LogP contribution in [0.5, 0.6) is 5.75 Å². The number of allylic oxidation sites excluding steroid dienone is 1. The van der Waals surface area contributed by atoms with Crippen LogP contribution in [0.3, 0.4) is 0 Å². The number of ether oxygens (including phenoxy) is 1. The van der Waals surface area contributed by atoms with E-state index in [1.165, 1.54) is 37.7 Å². The van der Waals surface area contributed by atoms with E-state index in [0.29, 0.717) is 0 Å². The van der Waals surface area contributed by atoms with Gasteiger partial charge in [-0.15, -0.1) is 6.58 Å². The van der Waals surface area contributed by atoms with Gasteiger partial charge < -0.3 is 4.74 Å². The minimum absolute atomic E-state index is 0.867. The fourth-order valence-electron chi connectivity index (χ4n) is 2.53. The molecule has 0 bridgehead atoms. The predicted molar refractivity (Wildman–Crippen MR) is 72.4 cm³/mol. The zero-order chi connectivity index (χ0) is 11.9. The number of benzene rings is 1. The van der Waals surface area contributed by atoms with E-state index in [-0.39, 0.29) is 0 Å². The van der Waals surface area contributed by atoms with Crippen molar-refractivity contribution in [1.29, 1.82) is 0 Å². The highest BCUT2D eigenvalue weighted by Gasteiger charge is 2.14. The number of hydrogen-bond acceptors (Lipinski definition) is 1. The summed E-state index contributed by atoms with van der Waals surface area (Å²) in [5.74, 6) is 1.91. The molecule has 1 aliphatic rings. The Balaban J connectivity index is 1.72. The number of hydrogen-bond donors (Lipinski definition) is 0. The fourth-order valence-corrected chi connectivity index (χ4v) is 2.53. The molecule has 2 rings (SSSR count). The Kier molecular flexibility index (Phi) is 4.66. The van der Waals surface area contributed by atoms with E-state index in [2.05, 4.69) is 30.8 Å². The Morgan fingerprint density at radius 1 is 1.18 bits per heavy atom. The monoisotopic (exact) mass is 230 g/mol. The van der Waals surface area contributed by atoms with Crippen LogP contribution in [0.2, 0.25) is 0 Å². The van der Waals surface area contributed by atoms with Gasteiger partial charge in [-0.05, 0) is 36.5 Å². The summed E-state index contributed by atoms with van der Waals surface area (Å²) in [6.07, 6.45) is 9.72.